The van der Waals surface area contributed by atoms with Crippen LogP contribution >= 0.6 is 11.6 Å². The van der Waals surface area contributed by atoms with Gasteiger partial charge in [-0.05, 0) is 0 Å². The van der Waals surface area contributed by atoms with Gasteiger partial charge in [0, 0.05) is 0 Å². The van der Waals surface area contributed by atoms with E-state index in [1.54, 1.807) is 0 Å². The molecule has 1 heterocycles. The van der Waals surface area contributed by atoms with E-state index < -0.39 is 18.1 Å². The van der Waals surface area contributed by atoms with Crippen LogP contribution < -0.4 is 0 Å². The third-order valence-corrected chi connectivity index (χ3v) is 1.07. The summed E-state index contributed by atoms with van der Waals surface area (Å²) in [6, 6.07) is 0. The first-order valence-corrected chi connectivity index (χ1v) is 2.23. The van der Waals surface area contributed by atoms with Crippen molar-refractivity contribution in [3.63, 3.8) is 0 Å². The molecule has 0 radical (unpaired) electrons. The molecule has 4 heteroatoms. The van der Waals surface area contributed by atoms with Crippen LogP contribution in [0.25, 0.3) is 0 Å². The maximum atomic E-state index is 11.3. The molecule has 2 unspecified atom stereocenters. The fourth-order valence-corrected chi connectivity index (χ4v) is 0.507. The van der Waals surface area contributed by atoms with Crippen molar-refractivity contribution in [2.45, 2.75) is 18.1 Å². The van der Waals surface area contributed by atoms with E-state index in [0.717, 1.165) is 0 Å². The predicted molar refractivity (Wildman–Crippen MR) is 20.5 cm³/mol. The summed E-state index contributed by atoms with van der Waals surface area (Å²) in [5.41, 5.74) is -0.736. The van der Waals surface area contributed by atoms with E-state index in [1.807, 2.05) is 0 Å². The zero-order chi connectivity index (χ0) is 5.44. The molecule has 0 N–H and O–H groups in total. The molecule has 1 aliphatic heterocycles. The molecule has 0 amide bonds. The van der Waals surface area contributed by atoms with Crippen LogP contribution in [0.4, 0.5) is 8.78 Å². The highest BCUT2D eigenvalue weighted by Gasteiger charge is 2.44. The average Bonchev–Trinajstić information content (AvgIpc) is 2.17. The Hall–Kier alpha value is 0.110. The van der Waals surface area contributed by atoms with Crippen LogP contribution in [0.5, 0.6) is 0 Å². The van der Waals surface area contributed by atoms with Crippen LogP contribution in [0, 0.1) is 0 Å². The Bertz CT molecular complexity index is 77.3. The Balaban J connectivity index is 2.20. The van der Waals surface area contributed by atoms with Gasteiger partial charge in [-0.3, -0.25) is 0 Å². The smallest absolute Gasteiger partial charge is 0.268 e. The molecule has 1 saturated heterocycles. The second-order valence-corrected chi connectivity index (χ2v) is 1.72. The Kier molecular flexibility index (Phi) is 1.17. The van der Waals surface area contributed by atoms with Crippen LogP contribution in [-0.4, -0.2) is 18.1 Å². The molecule has 0 aromatic heterocycles. The van der Waals surface area contributed by atoms with Crippen molar-refractivity contribution in [3.8, 4) is 0 Å². The lowest BCUT2D eigenvalue weighted by molar-refractivity contribution is 0.108. The number of ether oxygens (including phenoxy) is 1. The van der Waals surface area contributed by atoms with E-state index in [9.17, 15) is 8.78 Å². The molecule has 0 spiro atoms. The highest BCUT2D eigenvalue weighted by Crippen LogP contribution is 2.30. The second kappa shape index (κ2) is 1.56. The summed E-state index contributed by atoms with van der Waals surface area (Å²) in [5, 5.41) is 0. The van der Waals surface area contributed by atoms with E-state index in [0.29, 0.717) is 0 Å². The topological polar surface area (TPSA) is 12.5 Å². The standard InChI is InChI=1S/C3H3ClF2O/c4-2-1(7-2)3(5)6/h1-3H. The van der Waals surface area contributed by atoms with Gasteiger partial charge in [0.2, 0.25) is 0 Å². The Morgan fingerprint density at radius 2 is 2.00 bits per heavy atom. The monoisotopic (exact) mass is 128 g/mol. The van der Waals surface area contributed by atoms with Gasteiger partial charge in [-0.2, -0.15) is 0 Å². The number of hydrogen-bond donors (Lipinski definition) is 0. The third-order valence-electron chi connectivity index (χ3n) is 0.717. The van der Waals surface area contributed by atoms with Gasteiger partial charge in [0.15, 0.2) is 11.7 Å². The van der Waals surface area contributed by atoms with Crippen molar-refractivity contribution < 1.29 is 13.5 Å². The fourth-order valence-electron chi connectivity index (χ4n) is 0.279. The largest absolute Gasteiger partial charge is 0.346 e. The summed E-state index contributed by atoms with van der Waals surface area (Å²) in [6.07, 6.45) is -3.41. The zero-order valence-electron chi connectivity index (χ0n) is 3.27. The molecule has 0 bridgehead atoms. The van der Waals surface area contributed by atoms with Crippen molar-refractivity contribution in [1.29, 1.82) is 0 Å². The molecule has 42 valence electrons. The lowest BCUT2D eigenvalue weighted by atomic mass is 10.5. The first-order chi connectivity index (χ1) is 3.22. The third kappa shape index (κ3) is 1.01. The summed E-state index contributed by atoms with van der Waals surface area (Å²) in [7, 11) is 0. The van der Waals surface area contributed by atoms with Crippen molar-refractivity contribution >= 4 is 11.6 Å². The minimum Gasteiger partial charge on any atom is -0.346 e. The molecule has 0 aromatic carbocycles. The number of alkyl halides is 3. The summed E-state index contributed by atoms with van der Waals surface area (Å²) in [6.45, 7) is 0. The quantitative estimate of drug-likeness (QED) is 0.382. The van der Waals surface area contributed by atoms with Crippen LogP contribution in [0.1, 0.15) is 0 Å². The lowest BCUT2D eigenvalue weighted by Crippen LogP contribution is -2.00. The summed E-state index contributed by atoms with van der Waals surface area (Å²) < 4.78 is 26.7. The Morgan fingerprint density at radius 3 is 2.00 bits per heavy atom. The normalized spacial score (nSPS) is 39.4. The molecule has 7 heavy (non-hydrogen) atoms. The minimum absolute atomic E-state index is 0.736. The van der Waals surface area contributed by atoms with Crippen LogP contribution in [0.3, 0.4) is 0 Å². The van der Waals surface area contributed by atoms with E-state index in [1.165, 1.54) is 0 Å². The number of hydrogen-bond acceptors (Lipinski definition) is 1. The second-order valence-electron chi connectivity index (χ2n) is 1.29. The van der Waals surface area contributed by atoms with E-state index in [4.69, 9.17) is 11.6 Å². The average molecular weight is 129 g/mol. The number of rotatable bonds is 1. The minimum atomic E-state index is -2.41. The van der Waals surface area contributed by atoms with Gasteiger partial charge >= 0.3 is 0 Å². The molecule has 1 aliphatic rings. The van der Waals surface area contributed by atoms with Crippen molar-refractivity contribution in [2.24, 2.45) is 0 Å². The molecular formula is C3H3ClF2O. The zero-order valence-corrected chi connectivity index (χ0v) is 4.03. The first kappa shape index (κ1) is 5.25. The highest BCUT2D eigenvalue weighted by molar-refractivity contribution is 6.21. The van der Waals surface area contributed by atoms with Crippen molar-refractivity contribution in [1.82, 2.24) is 0 Å². The van der Waals surface area contributed by atoms with E-state index in [-0.39, 0.29) is 0 Å². The highest BCUT2D eigenvalue weighted by atomic mass is 35.5. The van der Waals surface area contributed by atoms with E-state index >= 15 is 0 Å². The van der Waals surface area contributed by atoms with Crippen LogP contribution in [-0.2, 0) is 4.74 Å². The lowest BCUT2D eigenvalue weighted by Gasteiger charge is -1.82. The van der Waals surface area contributed by atoms with Gasteiger partial charge in [-0.1, -0.05) is 11.6 Å². The summed E-state index contributed by atoms with van der Waals surface area (Å²) in [5.74, 6) is 0. The van der Waals surface area contributed by atoms with Gasteiger partial charge in [-0.25, -0.2) is 8.78 Å². The van der Waals surface area contributed by atoms with Gasteiger partial charge in [-0.15, -0.1) is 0 Å². The maximum Gasteiger partial charge on any atom is 0.268 e. The predicted octanol–water partition coefficient (Wildman–Crippen LogP) is 1.22. The van der Waals surface area contributed by atoms with Crippen molar-refractivity contribution in [3.05, 3.63) is 0 Å². The molecule has 0 aromatic rings. The molecule has 1 nitrogen and oxygen atoms in total. The Labute approximate surface area is 44.2 Å². The molecule has 2 atom stereocenters. The van der Waals surface area contributed by atoms with Gasteiger partial charge in [0.1, 0.15) is 0 Å². The summed E-state index contributed by atoms with van der Waals surface area (Å²) in [4.78, 5) is 0. The van der Waals surface area contributed by atoms with Gasteiger partial charge < -0.3 is 4.74 Å². The fraction of sp³-hybridized carbons (Fsp3) is 1.00. The maximum absolute atomic E-state index is 11.3. The molecule has 0 saturated carbocycles. The molecule has 0 aliphatic carbocycles. The Morgan fingerprint density at radius 1 is 1.57 bits per heavy atom. The van der Waals surface area contributed by atoms with Gasteiger partial charge in [0.25, 0.3) is 6.43 Å². The van der Waals surface area contributed by atoms with Crippen LogP contribution in [0.15, 0.2) is 0 Å². The van der Waals surface area contributed by atoms with Crippen molar-refractivity contribution in [2.75, 3.05) is 0 Å². The summed E-state index contributed by atoms with van der Waals surface area (Å²) >= 11 is 5.04. The van der Waals surface area contributed by atoms with E-state index in [2.05, 4.69) is 4.74 Å². The molecule has 1 rings (SSSR count). The van der Waals surface area contributed by atoms with Crippen LogP contribution in [0.2, 0.25) is 0 Å². The first-order valence-electron chi connectivity index (χ1n) is 1.79. The molecular weight excluding hydrogens is 125 g/mol. The SMILES string of the molecule is FC(F)C1OC1Cl. The number of halogens is 3. The van der Waals surface area contributed by atoms with Gasteiger partial charge in [0.05, 0.1) is 0 Å². The molecule has 1 fully saturated rings. The number of epoxide rings is 1.